The molecule has 1 heterocycles. The van der Waals surface area contributed by atoms with Crippen LogP contribution >= 0.6 is 11.9 Å². The first-order valence-electron chi connectivity index (χ1n) is 4.64. The van der Waals surface area contributed by atoms with Gasteiger partial charge in [0.15, 0.2) is 0 Å². The lowest BCUT2D eigenvalue weighted by molar-refractivity contribution is -0.136. The van der Waals surface area contributed by atoms with E-state index in [1.807, 2.05) is 4.72 Å². The van der Waals surface area contributed by atoms with Gasteiger partial charge in [-0.25, -0.2) is 8.93 Å². The molecule has 1 aliphatic heterocycles. The van der Waals surface area contributed by atoms with Crippen molar-refractivity contribution in [3.8, 4) is 0 Å². The van der Waals surface area contributed by atoms with Crippen molar-refractivity contribution in [2.75, 3.05) is 16.7 Å². The Balaban J connectivity index is 2.51. The van der Waals surface area contributed by atoms with E-state index >= 15 is 0 Å². The Bertz CT molecular complexity index is 495. The fraction of sp³-hybridized carbons (Fsp3) is 0.250. The topological polar surface area (TPSA) is 73.4 Å². The third-order valence-corrected chi connectivity index (χ3v) is 3.40. The number of nitrogens with one attached hydrogen (secondary N) is 3. The van der Waals surface area contributed by atoms with E-state index in [1.54, 1.807) is 0 Å². The van der Waals surface area contributed by atoms with Crippen LogP contribution in [0.4, 0.5) is 24.5 Å². The van der Waals surface area contributed by atoms with Crippen LogP contribution in [0, 0.1) is 0 Å². The number of hydrogen-bond acceptors (Lipinski definition) is 4. The van der Waals surface area contributed by atoms with E-state index in [2.05, 4.69) is 10.0 Å². The molecule has 0 saturated heterocycles. The van der Waals surface area contributed by atoms with Crippen molar-refractivity contribution in [1.29, 1.82) is 0 Å². The summed E-state index contributed by atoms with van der Waals surface area (Å²) < 4.78 is 62.4. The lowest BCUT2D eigenvalue weighted by Crippen LogP contribution is -2.21. The Hall–Kier alpha value is -0.970. The number of hydrogen-bond donors (Lipinski definition) is 4. The molecule has 100 valence electrons. The first-order valence-corrected chi connectivity index (χ1v) is 6.56. The van der Waals surface area contributed by atoms with Gasteiger partial charge in [-0.15, -0.1) is 0 Å². The van der Waals surface area contributed by atoms with Gasteiger partial charge in [-0.1, -0.05) is 0 Å². The number of benzene rings is 1. The lowest BCUT2D eigenvalue weighted by Gasteiger charge is -2.22. The normalized spacial score (nSPS) is 16.7. The molecule has 0 amide bonds. The quantitative estimate of drug-likeness (QED) is 0.498. The number of alkyl halides is 3. The average molecular weight is 299 g/mol. The van der Waals surface area contributed by atoms with Crippen LogP contribution in [0.1, 0.15) is 5.56 Å². The lowest BCUT2D eigenvalue weighted by atomic mass is 10.1. The zero-order valence-electron chi connectivity index (χ0n) is 8.67. The number of anilines is 2. The van der Waals surface area contributed by atoms with Gasteiger partial charge >= 0.3 is 6.18 Å². The monoisotopic (exact) mass is 299 g/mol. The summed E-state index contributed by atoms with van der Waals surface area (Å²) in [5.41, 5.74) is -1.08. The molecule has 0 saturated carbocycles. The minimum absolute atomic E-state index is 0.334. The van der Waals surface area contributed by atoms with Gasteiger partial charge in [0.1, 0.15) is 0 Å². The highest BCUT2D eigenvalue weighted by Gasteiger charge is 2.35. The molecule has 0 bridgehead atoms. The summed E-state index contributed by atoms with van der Waals surface area (Å²) in [6.07, 6.45) is -4.60. The fourth-order valence-electron chi connectivity index (χ4n) is 1.46. The van der Waals surface area contributed by atoms with E-state index in [-0.39, 0.29) is 0 Å². The van der Waals surface area contributed by atoms with Gasteiger partial charge in [-0.2, -0.15) is 13.2 Å². The molecular weight excluding hydrogens is 291 g/mol. The van der Waals surface area contributed by atoms with Gasteiger partial charge in [0.25, 0.3) is 11.3 Å². The predicted molar refractivity (Wildman–Crippen MR) is 63.3 cm³/mol. The van der Waals surface area contributed by atoms with E-state index in [9.17, 15) is 17.4 Å². The van der Waals surface area contributed by atoms with Crippen LogP contribution in [0.5, 0.6) is 0 Å². The molecule has 1 aromatic carbocycles. The van der Waals surface area contributed by atoms with Crippen molar-refractivity contribution in [3.05, 3.63) is 17.7 Å². The van der Waals surface area contributed by atoms with Crippen molar-refractivity contribution >= 4 is 34.6 Å². The number of rotatable bonds is 2. The van der Waals surface area contributed by atoms with Crippen molar-refractivity contribution < 1.29 is 21.9 Å². The molecule has 0 radical (unpaired) electrons. The molecule has 4 N–H and O–H groups in total. The number of fused-ring (bicyclic) bond motifs is 1. The Morgan fingerprint density at radius 3 is 2.78 bits per heavy atom. The van der Waals surface area contributed by atoms with Gasteiger partial charge in [0.2, 0.25) is 0 Å². The zero-order valence-corrected chi connectivity index (χ0v) is 10.3. The third-order valence-electron chi connectivity index (χ3n) is 2.16. The second kappa shape index (κ2) is 4.96. The van der Waals surface area contributed by atoms with Gasteiger partial charge in [-0.3, -0.25) is 9.27 Å². The maximum absolute atomic E-state index is 12.8. The molecule has 2 rings (SSSR count). The van der Waals surface area contributed by atoms with E-state index < -0.39 is 28.7 Å². The molecule has 0 aliphatic carbocycles. The minimum Gasteiger partial charge on any atom is -0.371 e. The van der Waals surface area contributed by atoms with Crippen molar-refractivity contribution in [1.82, 2.24) is 4.72 Å². The standard InChI is InChI=1S/C8H8F3N3O2S2/c9-8(10,11)4-1-6-7(17-13-3-12-6)2-5(4)14-18(15)16/h1-2,12-14H,3H2,(H,15,16). The molecule has 0 spiro atoms. The zero-order chi connectivity index (χ0) is 13.3. The van der Waals surface area contributed by atoms with Crippen LogP contribution in [-0.2, 0) is 17.4 Å². The van der Waals surface area contributed by atoms with E-state index in [4.69, 9.17) is 4.55 Å². The predicted octanol–water partition coefficient (Wildman–Crippen LogP) is 2.23. The summed E-state index contributed by atoms with van der Waals surface area (Å²) in [4.78, 5) is 0.516. The van der Waals surface area contributed by atoms with Crippen LogP contribution in [-0.4, -0.2) is 15.4 Å². The van der Waals surface area contributed by atoms with Crippen LogP contribution in [0.15, 0.2) is 17.0 Å². The maximum Gasteiger partial charge on any atom is 0.418 e. The van der Waals surface area contributed by atoms with E-state index in [0.717, 1.165) is 18.0 Å². The SMILES string of the molecule is O=S(O)Nc1cc2c(cc1C(F)(F)F)NCNS2. The average Bonchev–Trinajstić information content (AvgIpc) is 2.26. The first-order chi connectivity index (χ1) is 8.38. The molecular formula is C8H8F3N3O2S2. The molecule has 18 heavy (non-hydrogen) atoms. The Morgan fingerprint density at radius 2 is 2.17 bits per heavy atom. The Labute approximate surface area is 107 Å². The summed E-state index contributed by atoms with van der Waals surface area (Å²) in [6, 6.07) is 2.09. The highest BCUT2D eigenvalue weighted by Crippen LogP contribution is 2.41. The minimum atomic E-state index is -4.60. The molecule has 5 nitrogen and oxygen atoms in total. The maximum atomic E-state index is 12.8. The fourth-order valence-corrected chi connectivity index (χ4v) is 2.54. The van der Waals surface area contributed by atoms with Crippen LogP contribution in [0.25, 0.3) is 0 Å². The van der Waals surface area contributed by atoms with Crippen LogP contribution in [0.2, 0.25) is 0 Å². The van der Waals surface area contributed by atoms with E-state index in [0.29, 0.717) is 17.3 Å². The van der Waals surface area contributed by atoms with Gasteiger partial charge in [0, 0.05) is 4.90 Å². The second-order valence-electron chi connectivity index (χ2n) is 3.34. The van der Waals surface area contributed by atoms with Gasteiger partial charge in [-0.05, 0) is 24.1 Å². The Kier molecular flexibility index (Phi) is 3.71. The van der Waals surface area contributed by atoms with Crippen LogP contribution in [0.3, 0.4) is 0 Å². The molecule has 1 unspecified atom stereocenters. The first kappa shape index (κ1) is 13.5. The molecule has 1 aromatic rings. The second-order valence-corrected chi connectivity index (χ2v) is 4.98. The molecule has 10 heteroatoms. The van der Waals surface area contributed by atoms with Crippen molar-refractivity contribution in [2.45, 2.75) is 11.1 Å². The number of halogens is 3. The summed E-state index contributed by atoms with van der Waals surface area (Å²) in [5.74, 6) is 0. The van der Waals surface area contributed by atoms with Crippen LogP contribution < -0.4 is 14.8 Å². The van der Waals surface area contributed by atoms with Crippen molar-refractivity contribution in [2.24, 2.45) is 0 Å². The molecule has 1 atom stereocenters. The highest BCUT2D eigenvalue weighted by atomic mass is 32.2. The molecule has 0 aromatic heterocycles. The summed E-state index contributed by atoms with van der Waals surface area (Å²) >= 11 is -1.41. The Morgan fingerprint density at radius 1 is 1.44 bits per heavy atom. The largest absolute Gasteiger partial charge is 0.418 e. The smallest absolute Gasteiger partial charge is 0.371 e. The summed E-state index contributed by atoms with van der Waals surface area (Å²) in [6.45, 7) is 0.341. The van der Waals surface area contributed by atoms with E-state index in [1.165, 1.54) is 6.07 Å². The summed E-state index contributed by atoms with van der Waals surface area (Å²) in [5, 5.41) is 2.76. The van der Waals surface area contributed by atoms with Crippen molar-refractivity contribution in [3.63, 3.8) is 0 Å². The van der Waals surface area contributed by atoms with Gasteiger partial charge < -0.3 is 5.32 Å². The highest BCUT2D eigenvalue weighted by molar-refractivity contribution is 7.97. The van der Waals surface area contributed by atoms with Gasteiger partial charge in [0.05, 0.1) is 23.6 Å². The molecule has 1 aliphatic rings. The third kappa shape index (κ3) is 2.88. The summed E-state index contributed by atoms with van der Waals surface area (Å²) in [7, 11) is 0. The molecule has 0 fully saturated rings.